The Hall–Kier alpha value is -0.200. The molecule has 1 rings (SSSR count). The fourth-order valence-electron chi connectivity index (χ4n) is 1.09. The van der Waals surface area contributed by atoms with Crippen LogP contribution in [0.4, 0.5) is 0 Å². The van der Waals surface area contributed by atoms with E-state index in [1.165, 1.54) is 0 Å². The van der Waals surface area contributed by atoms with Crippen molar-refractivity contribution in [1.82, 2.24) is 0 Å². The van der Waals surface area contributed by atoms with E-state index >= 15 is 0 Å². The lowest BCUT2D eigenvalue weighted by molar-refractivity contribution is -0.192. The summed E-state index contributed by atoms with van der Waals surface area (Å²) in [5.41, 5.74) is 0. The maximum Gasteiger partial charge on any atom is 0.155 e. The summed E-state index contributed by atoms with van der Waals surface area (Å²) < 4.78 is 15.7. The summed E-state index contributed by atoms with van der Waals surface area (Å²) >= 11 is 0. The molecule has 1 heterocycles. The smallest absolute Gasteiger partial charge is 0.155 e. The first-order chi connectivity index (χ1) is 6.59. The summed E-state index contributed by atoms with van der Waals surface area (Å²) in [7, 11) is 0. The minimum Gasteiger partial charge on any atom is -0.388 e. The third kappa shape index (κ3) is 3.89. The van der Waals surface area contributed by atoms with Gasteiger partial charge in [-0.15, -0.1) is 0 Å². The highest BCUT2D eigenvalue weighted by molar-refractivity contribution is 4.67. The normalized spacial score (nSPS) is 42.0. The second kappa shape index (κ2) is 5.63. The molecule has 5 nitrogen and oxygen atoms in total. The van der Waals surface area contributed by atoms with Gasteiger partial charge in [0.05, 0.1) is 25.9 Å². The predicted octanol–water partition coefficient (Wildman–Crippen LogP) is -0.494. The van der Waals surface area contributed by atoms with E-state index in [0.717, 1.165) is 0 Å². The lowest BCUT2D eigenvalue weighted by atomic mass is 10.2. The van der Waals surface area contributed by atoms with Gasteiger partial charge in [-0.3, -0.25) is 0 Å². The molecule has 14 heavy (non-hydrogen) atoms. The molecule has 5 heteroatoms. The average Bonchev–Trinajstić information content (AvgIpc) is 2.18. The van der Waals surface area contributed by atoms with Crippen LogP contribution < -0.4 is 0 Å². The third-order valence-corrected chi connectivity index (χ3v) is 2.06. The molecule has 0 amide bonds. The van der Waals surface area contributed by atoms with E-state index in [0.29, 0.717) is 6.61 Å². The zero-order chi connectivity index (χ0) is 10.6. The maximum absolute atomic E-state index is 9.41. The van der Waals surface area contributed by atoms with Gasteiger partial charge in [-0.25, -0.2) is 0 Å². The van der Waals surface area contributed by atoms with Crippen molar-refractivity contribution in [2.75, 3.05) is 19.8 Å². The Labute approximate surface area is 83.6 Å². The molecule has 0 spiro atoms. The lowest BCUT2D eigenvalue weighted by Crippen LogP contribution is -2.39. The van der Waals surface area contributed by atoms with Gasteiger partial charge in [0.1, 0.15) is 12.2 Å². The summed E-state index contributed by atoms with van der Waals surface area (Å²) in [6.45, 7) is 4.16. The van der Waals surface area contributed by atoms with Gasteiger partial charge in [-0.05, 0) is 13.8 Å². The van der Waals surface area contributed by atoms with Crippen LogP contribution in [0.5, 0.6) is 0 Å². The van der Waals surface area contributed by atoms with Crippen molar-refractivity contribution < 1.29 is 24.4 Å². The predicted molar refractivity (Wildman–Crippen MR) is 48.8 cm³/mol. The molecule has 0 aliphatic carbocycles. The van der Waals surface area contributed by atoms with E-state index in [2.05, 4.69) is 0 Å². The molecule has 2 N–H and O–H groups in total. The number of aliphatic hydroxyl groups excluding tert-OH is 2. The van der Waals surface area contributed by atoms with Gasteiger partial charge < -0.3 is 24.4 Å². The highest BCUT2D eigenvalue weighted by atomic mass is 16.7. The van der Waals surface area contributed by atoms with Gasteiger partial charge in [0, 0.05) is 0 Å². The average molecular weight is 206 g/mol. The van der Waals surface area contributed by atoms with Crippen molar-refractivity contribution in [2.45, 2.75) is 38.4 Å². The SMILES string of the molecule is CC1COC(C)OCC(O)C(O)CO1. The lowest BCUT2D eigenvalue weighted by Gasteiger charge is -2.25. The monoisotopic (exact) mass is 206 g/mol. The van der Waals surface area contributed by atoms with Crippen molar-refractivity contribution in [2.24, 2.45) is 0 Å². The van der Waals surface area contributed by atoms with Crippen LogP contribution in [0.25, 0.3) is 0 Å². The molecule has 0 aromatic carbocycles. The van der Waals surface area contributed by atoms with Crippen molar-refractivity contribution in [3.05, 3.63) is 0 Å². The Morgan fingerprint density at radius 1 is 0.857 bits per heavy atom. The molecule has 0 saturated carbocycles. The van der Waals surface area contributed by atoms with E-state index in [1.54, 1.807) is 6.92 Å². The number of hydrogen-bond acceptors (Lipinski definition) is 5. The molecule has 0 bridgehead atoms. The van der Waals surface area contributed by atoms with Gasteiger partial charge in [0.15, 0.2) is 6.29 Å². The molecular formula is C9H18O5. The van der Waals surface area contributed by atoms with Gasteiger partial charge in [0.25, 0.3) is 0 Å². The zero-order valence-corrected chi connectivity index (χ0v) is 8.55. The second-order valence-electron chi connectivity index (χ2n) is 3.51. The van der Waals surface area contributed by atoms with Gasteiger partial charge in [-0.2, -0.15) is 0 Å². The number of hydrogen-bond donors (Lipinski definition) is 2. The Balaban J connectivity index is 2.44. The topological polar surface area (TPSA) is 68.2 Å². The van der Waals surface area contributed by atoms with Crippen LogP contribution in [0.1, 0.15) is 13.8 Å². The van der Waals surface area contributed by atoms with Crippen LogP contribution in [0.15, 0.2) is 0 Å². The summed E-state index contributed by atoms with van der Waals surface area (Å²) in [5.74, 6) is 0. The summed E-state index contributed by atoms with van der Waals surface area (Å²) in [6, 6.07) is 0. The minimum atomic E-state index is -0.925. The maximum atomic E-state index is 9.41. The van der Waals surface area contributed by atoms with Crippen LogP contribution in [0.3, 0.4) is 0 Å². The molecule has 1 fully saturated rings. The van der Waals surface area contributed by atoms with E-state index in [-0.39, 0.29) is 25.6 Å². The van der Waals surface area contributed by atoms with Crippen LogP contribution in [0.2, 0.25) is 0 Å². The van der Waals surface area contributed by atoms with E-state index in [4.69, 9.17) is 14.2 Å². The Morgan fingerprint density at radius 2 is 1.36 bits per heavy atom. The van der Waals surface area contributed by atoms with E-state index in [9.17, 15) is 10.2 Å². The Kier molecular flexibility index (Phi) is 4.77. The highest BCUT2D eigenvalue weighted by Gasteiger charge is 2.21. The molecule has 0 aromatic rings. The summed E-state index contributed by atoms with van der Waals surface area (Å²) in [4.78, 5) is 0. The first-order valence-electron chi connectivity index (χ1n) is 4.80. The van der Waals surface area contributed by atoms with Gasteiger partial charge in [-0.1, -0.05) is 0 Å². The first-order valence-corrected chi connectivity index (χ1v) is 4.80. The Morgan fingerprint density at radius 3 is 2.00 bits per heavy atom. The fourth-order valence-corrected chi connectivity index (χ4v) is 1.09. The molecule has 4 unspecified atom stereocenters. The zero-order valence-electron chi connectivity index (χ0n) is 8.55. The van der Waals surface area contributed by atoms with Gasteiger partial charge >= 0.3 is 0 Å². The molecule has 84 valence electrons. The highest BCUT2D eigenvalue weighted by Crippen LogP contribution is 2.05. The minimum absolute atomic E-state index is 0.0556. The Bertz CT molecular complexity index is 145. The van der Waals surface area contributed by atoms with Crippen molar-refractivity contribution in [3.63, 3.8) is 0 Å². The van der Waals surface area contributed by atoms with Crippen LogP contribution in [0, 0.1) is 0 Å². The van der Waals surface area contributed by atoms with Crippen molar-refractivity contribution >= 4 is 0 Å². The number of rotatable bonds is 0. The molecule has 0 aromatic heterocycles. The quantitative estimate of drug-likeness (QED) is 0.559. The number of ether oxygens (including phenoxy) is 3. The van der Waals surface area contributed by atoms with Crippen LogP contribution in [-0.4, -0.2) is 54.6 Å². The van der Waals surface area contributed by atoms with Crippen LogP contribution >= 0.6 is 0 Å². The molecule has 1 saturated heterocycles. The molecule has 1 aliphatic rings. The number of aliphatic hydroxyl groups is 2. The second-order valence-corrected chi connectivity index (χ2v) is 3.51. The van der Waals surface area contributed by atoms with E-state index < -0.39 is 12.2 Å². The van der Waals surface area contributed by atoms with Crippen LogP contribution in [-0.2, 0) is 14.2 Å². The molecule has 1 aliphatic heterocycles. The standard InChI is InChI=1S/C9H18O5/c1-6-3-13-7(2)14-5-9(11)8(10)4-12-6/h6-11H,3-5H2,1-2H3. The van der Waals surface area contributed by atoms with Crippen molar-refractivity contribution in [1.29, 1.82) is 0 Å². The third-order valence-electron chi connectivity index (χ3n) is 2.06. The van der Waals surface area contributed by atoms with Gasteiger partial charge in [0.2, 0.25) is 0 Å². The fraction of sp³-hybridized carbons (Fsp3) is 1.00. The largest absolute Gasteiger partial charge is 0.388 e. The first kappa shape index (κ1) is 11.9. The summed E-state index contributed by atoms with van der Waals surface area (Å²) in [6.07, 6.45) is -2.32. The molecular weight excluding hydrogens is 188 g/mol. The van der Waals surface area contributed by atoms with E-state index in [1.807, 2.05) is 6.92 Å². The summed E-state index contributed by atoms with van der Waals surface area (Å²) in [5, 5.41) is 18.8. The van der Waals surface area contributed by atoms with Crippen molar-refractivity contribution in [3.8, 4) is 0 Å². The molecule has 0 radical (unpaired) electrons. The molecule has 4 atom stereocenters.